The maximum absolute atomic E-state index is 13.7. The van der Waals surface area contributed by atoms with Gasteiger partial charge in [-0.1, -0.05) is 25.1 Å². The highest BCUT2D eigenvalue weighted by molar-refractivity contribution is 5.89. The molecule has 0 heterocycles. The SMILES string of the molecule is COC(=O)c1ccc(CNC2=C(F)C(F)C(C)C=C2)cc1. The highest BCUT2D eigenvalue weighted by atomic mass is 19.2. The molecule has 0 fully saturated rings. The molecule has 1 aromatic carbocycles. The number of benzene rings is 1. The van der Waals surface area contributed by atoms with Gasteiger partial charge in [0.2, 0.25) is 0 Å². The van der Waals surface area contributed by atoms with Crippen molar-refractivity contribution in [2.75, 3.05) is 7.11 Å². The topological polar surface area (TPSA) is 38.3 Å². The molecule has 0 aromatic heterocycles. The molecule has 5 heteroatoms. The Hall–Kier alpha value is -2.17. The second-order valence-corrected chi connectivity index (χ2v) is 4.92. The number of allylic oxidation sites excluding steroid dienone is 3. The van der Waals surface area contributed by atoms with E-state index in [1.165, 1.54) is 7.11 Å². The third-order valence-electron chi connectivity index (χ3n) is 3.39. The summed E-state index contributed by atoms with van der Waals surface area (Å²) in [6.07, 6.45) is 1.59. The molecule has 0 amide bonds. The molecule has 3 nitrogen and oxygen atoms in total. The highest BCUT2D eigenvalue weighted by Gasteiger charge is 2.25. The number of hydrogen-bond acceptors (Lipinski definition) is 3. The fraction of sp³-hybridized carbons (Fsp3) is 0.312. The Kier molecular flexibility index (Phi) is 4.73. The molecule has 0 spiro atoms. The third kappa shape index (κ3) is 3.48. The van der Waals surface area contributed by atoms with E-state index in [2.05, 4.69) is 10.1 Å². The molecule has 112 valence electrons. The van der Waals surface area contributed by atoms with E-state index in [0.29, 0.717) is 12.1 Å². The summed E-state index contributed by atoms with van der Waals surface area (Å²) in [5, 5.41) is 2.86. The Bertz CT molecular complexity index is 578. The van der Waals surface area contributed by atoms with Gasteiger partial charge in [0, 0.05) is 12.5 Å². The Labute approximate surface area is 122 Å². The smallest absolute Gasteiger partial charge is 0.337 e. The standard InChI is InChI=1S/C16H17F2NO2/c1-10-3-8-13(15(18)14(10)17)19-9-11-4-6-12(7-5-11)16(20)21-2/h3-8,10,14,19H,9H2,1-2H3. The molecule has 0 radical (unpaired) electrons. The maximum Gasteiger partial charge on any atom is 0.337 e. The summed E-state index contributed by atoms with van der Waals surface area (Å²) in [7, 11) is 1.32. The quantitative estimate of drug-likeness (QED) is 0.866. The molecule has 1 N–H and O–H groups in total. The van der Waals surface area contributed by atoms with Crippen LogP contribution in [-0.4, -0.2) is 19.3 Å². The Balaban J connectivity index is 2.00. The van der Waals surface area contributed by atoms with Crippen LogP contribution in [0.25, 0.3) is 0 Å². The van der Waals surface area contributed by atoms with Gasteiger partial charge in [-0.3, -0.25) is 0 Å². The largest absolute Gasteiger partial charge is 0.465 e. The summed E-state index contributed by atoms with van der Waals surface area (Å²) in [5.74, 6) is -1.63. The van der Waals surface area contributed by atoms with Crippen LogP contribution in [0.5, 0.6) is 0 Å². The van der Waals surface area contributed by atoms with Gasteiger partial charge in [-0.25, -0.2) is 13.6 Å². The molecule has 0 bridgehead atoms. The van der Waals surface area contributed by atoms with E-state index in [9.17, 15) is 13.6 Å². The number of nitrogens with one attached hydrogen (secondary N) is 1. The van der Waals surface area contributed by atoms with Crippen molar-refractivity contribution in [2.24, 2.45) is 5.92 Å². The zero-order valence-electron chi connectivity index (χ0n) is 11.9. The lowest BCUT2D eigenvalue weighted by molar-refractivity contribution is 0.0600. The van der Waals surface area contributed by atoms with Crippen molar-refractivity contribution in [3.63, 3.8) is 0 Å². The average Bonchev–Trinajstić information content (AvgIpc) is 2.52. The van der Waals surface area contributed by atoms with Gasteiger partial charge in [-0.2, -0.15) is 0 Å². The fourth-order valence-corrected chi connectivity index (χ4v) is 2.02. The number of rotatable bonds is 4. The van der Waals surface area contributed by atoms with Gasteiger partial charge in [-0.15, -0.1) is 0 Å². The third-order valence-corrected chi connectivity index (χ3v) is 3.39. The lowest BCUT2D eigenvalue weighted by Crippen LogP contribution is -2.22. The molecule has 2 atom stereocenters. The first-order chi connectivity index (χ1) is 10.0. The van der Waals surface area contributed by atoms with Crippen LogP contribution in [0, 0.1) is 5.92 Å². The Morgan fingerprint density at radius 3 is 2.62 bits per heavy atom. The Morgan fingerprint density at radius 2 is 2.00 bits per heavy atom. The lowest BCUT2D eigenvalue weighted by Gasteiger charge is -2.19. The second-order valence-electron chi connectivity index (χ2n) is 4.92. The van der Waals surface area contributed by atoms with Crippen molar-refractivity contribution in [3.05, 3.63) is 59.1 Å². The van der Waals surface area contributed by atoms with Crippen LogP contribution in [0.15, 0.2) is 47.9 Å². The number of carbonyl (C=O) groups is 1. The van der Waals surface area contributed by atoms with Gasteiger partial charge in [0.05, 0.1) is 18.4 Å². The molecule has 1 aliphatic rings. The number of hydrogen-bond donors (Lipinski definition) is 1. The molecule has 0 saturated heterocycles. The minimum absolute atomic E-state index is 0.164. The molecule has 1 aromatic rings. The van der Waals surface area contributed by atoms with Crippen LogP contribution in [-0.2, 0) is 11.3 Å². The Morgan fingerprint density at radius 1 is 1.33 bits per heavy atom. The predicted molar refractivity (Wildman–Crippen MR) is 76.0 cm³/mol. The summed E-state index contributed by atoms with van der Waals surface area (Å²) < 4.78 is 31.9. The van der Waals surface area contributed by atoms with Gasteiger partial charge < -0.3 is 10.1 Å². The van der Waals surface area contributed by atoms with E-state index in [0.717, 1.165) is 5.56 Å². The van der Waals surface area contributed by atoms with E-state index in [1.54, 1.807) is 43.3 Å². The van der Waals surface area contributed by atoms with Gasteiger partial charge >= 0.3 is 5.97 Å². The summed E-state index contributed by atoms with van der Waals surface area (Å²) in [6, 6.07) is 6.73. The zero-order chi connectivity index (χ0) is 15.4. The van der Waals surface area contributed by atoms with Gasteiger partial charge in [0.1, 0.15) is 0 Å². The number of alkyl halides is 1. The minimum atomic E-state index is -1.60. The number of methoxy groups -OCH3 is 1. The van der Waals surface area contributed by atoms with E-state index in [-0.39, 0.29) is 5.70 Å². The summed E-state index contributed by atoms with van der Waals surface area (Å²) >= 11 is 0. The maximum atomic E-state index is 13.7. The van der Waals surface area contributed by atoms with Crippen LogP contribution < -0.4 is 5.32 Å². The number of esters is 1. The minimum Gasteiger partial charge on any atom is -0.465 e. The molecule has 21 heavy (non-hydrogen) atoms. The summed E-state index contributed by atoms with van der Waals surface area (Å²) in [4.78, 5) is 11.3. The lowest BCUT2D eigenvalue weighted by atomic mass is 9.98. The first-order valence-electron chi connectivity index (χ1n) is 6.66. The molecular weight excluding hydrogens is 276 g/mol. The molecule has 0 saturated carbocycles. The van der Waals surface area contributed by atoms with E-state index in [1.807, 2.05) is 0 Å². The molecule has 2 unspecified atom stereocenters. The van der Waals surface area contributed by atoms with Gasteiger partial charge in [0.25, 0.3) is 0 Å². The van der Waals surface area contributed by atoms with Crippen molar-refractivity contribution in [2.45, 2.75) is 19.6 Å². The van der Waals surface area contributed by atoms with Gasteiger partial charge in [-0.05, 0) is 23.8 Å². The van der Waals surface area contributed by atoms with Gasteiger partial charge in [0.15, 0.2) is 12.0 Å². The zero-order valence-corrected chi connectivity index (χ0v) is 11.9. The number of halogens is 2. The van der Waals surface area contributed by atoms with E-state index >= 15 is 0 Å². The van der Waals surface area contributed by atoms with E-state index in [4.69, 9.17) is 0 Å². The first kappa shape index (κ1) is 15.2. The van der Waals surface area contributed by atoms with Crippen molar-refractivity contribution in [1.29, 1.82) is 0 Å². The van der Waals surface area contributed by atoms with Crippen LogP contribution >= 0.6 is 0 Å². The average molecular weight is 293 g/mol. The molecule has 0 aliphatic heterocycles. The predicted octanol–water partition coefficient (Wildman–Crippen LogP) is 3.29. The van der Waals surface area contributed by atoms with E-state index < -0.39 is 23.9 Å². The highest BCUT2D eigenvalue weighted by Crippen LogP contribution is 2.26. The first-order valence-corrected chi connectivity index (χ1v) is 6.66. The van der Waals surface area contributed by atoms with Crippen LogP contribution in [0.2, 0.25) is 0 Å². The van der Waals surface area contributed by atoms with Crippen LogP contribution in [0.3, 0.4) is 0 Å². The van der Waals surface area contributed by atoms with Crippen LogP contribution in [0.1, 0.15) is 22.8 Å². The number of ether oxygens (including phenoxy) is 1. The molecular formula is C16H17F2NO2. The van der Waals surface area contributed by atoms with Crippen molar-refractivity contribution < 1.29 is 18.3 Å². The second kappa shape index (κ2) is 6.52. The normalized spacial score (nSPS) is 21.3. The fourth-order valence-electron chi connectivity index (χ4n) is 2.02. The van der Waals surface area contributed by atoms with Crippen molar-refractivity contribution >= 4 is 5.97 Å². The number of carbonyl (C=O) groups excluding carboxylic acids is 1. The molecule has 1 aliphatic carbocycles. The van der Waals surface area contributed by atoms with Crippen molar-refractivity contribution in [3.8, 4) is 0 Å². The molecule has 2 rings (SSSR count). The summed E-state index contributed by atoms with van der Waals surface area (Å²) in [5.41, 5.74) is 1.46. The van der Waals surface area contributed by atoms with Crippen molar-refractivity contribution in [1.82, 2.24) is 5.32 Å². The monoisotopic (exact) mass is 293 g/mol. The van der Waals surface area contributed by atoms with Crippen LogP contribution in [0.4, 0.5) is 8.78 Å². The summed E-state index contributed by atoms with van der Waals surface area (Å²) in [6.45, 7) is 1.97.